The van der Waals surface area contributed by atoms with E-state index in [9.17, 15) is 4.79 Å². The van der Waals surface area contributed by atoms with Crippen molar-refractivity contribution >= 4 is 38.8 Å². The van der Waals surface area contributed by atoms with E-state index in [1.807, 2.05) is 19.3 Å². The van der Waals surface area contributed by atoms with Crippen LogP contribution >= 0.6 is 15.9 Å². The predicted molar refractivity (Wildman–Crippen MR) is 82.5 cm³/mol. The highest BCUT2D eigenvalue weighted by molar-refractivity contribution is 9.10. The van der Waals surface area contributed by atoms with Crippen molar-refractivity contribution in [2.24, 2.45) is 5.92 Å². The van der Waals surface area contributed by atoms with Gasteiger partial charge in [0.25, 0.3) is 0 Å². The largest absolute Gasteiger partial charge is 0.373 e. The summed E-state index contributed by atoms with van der Waals surface area (Å²) < 4.78 is 1.14. The molecule has 1 heterocycles. The number of halogens is 1. The highest BCUT2D eigenvalue weighted by Crippen LogP contribution is 2.25. The molecular formula is C15H17BrN2O. The fourth-order valence-corrected chi connectivity index (χ4v) is 2.01. The van der Waals surface area contributed by atoms with Crippen LogP contribution in [-0.4, -0.2) is 18.3 Å². The number of aryl methyl sites for hydroxylation is 1. The number of hydrogen-bond acceptors (Lipinski definition) is 3. The van der Waals surface area contributed by atoms with Crippen LogP contribution in [0.1, 0.15) is 18.4 Å². The molecule has 0 unspecified atom stereocenters. The van der Waals surface area contributed by atoms with E-state index in [-0.39, 0.29) is 0 Å². The number of rotatable bonds is 2. The Labute approximate surface area is 121 Å². The minimum atomic E-state index is 0.454. The third kappa shape index (κ3) is 3.77. The Balaban J connectivity index is 0.000000224. The SMILES string of the molecule is CNc1cc2cc(Br)c(C)cc2cn1.O=CC1CC1. The molecule has 0 spiro atoms. The van der Waals surface area contributed by atoms with Gasteiger partial charge in [0.15, 0.2) is 0 Å². The minimum absolute atomic E-state index is 0.454. The number of carbonyl (C=O) groups excluding carboxylic acids is 1. The summed E-state index contributed by atoms with van der Waals surface area (Å²) >= 11 is 3.52. The molecule has 0 amide bonds. The third-order valence-electron chi connectivity index (χ3n) is 3.07. The summed E-state index contributed by atoms with van der Waals surface area (Å²) in [6, 6.07) is 6.29. The average molecular weight is 321 g/mol. The second-order valence-electron chi connectivity index (χ2n) is 4.74. The number of fused-ring (bicyclic) bond motifs is 1. The molecule has 1 aliphatic carbocycles. The van der Waals surface area contributed by atoms with E-state index in [2.05, 4.69) is 45.3 Å². The number of pyridine rings is 1. The highest BCUT2D eigenvalue weighted by atomic mass is 79.9. The van der Waals surface area contributed by atoms with Crippen LogP contribution in [0.2, 0.25) is 0 Å². The summed E-state index contributed by atoms with van der Waals surface area (Å²) in [6.45, 7) is 2.08. The van der Waals surface area contributed by atoms with Gasteiger partial charge in [0.2, 0.25) is 0 Å². The second kappa shape index (κ2) is 6.15. The second-order valence-corrected chi connectivity index (χ2v) is 5.60. The molecule has 3 rings (SSSR count). The number of aromatic nitrogens is 1. The molecule has 4 heteroatoms. The van der Waals surface area contributed by atoms with Crippen molar-refractivity contribution in [2.45, 2.75) is 19.8 Å². The lowest BCUT2D eigenvalue weighted by Crippen LogP contribution is -1.91. The van der Waals surface area contributed by atoms with E-state index in [1.165, 1.54) is 16.3 Å². The maximum absolute atomic E-state index is 9.57. The lowest BCUT2D eigenvalue weighted by molar-refractivity contribution is -0.108. The van der Waals surface area contributed by atoms with Gasteiger partial charge in [0.05, 0.1) is 0 Å². The lowest BCUT2D eigenvalue weighted by Gasteiger charge is -2.04. The molecule has 1 saturated carbocycles. The van der Waals surface area contributed by atoms with Gasteiger partial charge in [-0.2, -0.15) is 0 Å². The van der Waals surface area contributed by atoms with Gasteiger partial charge < -0.3 is 10.1 Å². The van der Waals surface area contributed by atoms with Crippen LogP contribution in [-0.2, 0) is 4.79 Å². The third-order valence-corrected chi connectivity index (χ3v) is 3.92. The van der Waals surface area contributed by atoms with Crippen LogP contribution in [0.25, 0.3) is 10.8 Å². The van der Waals surface area contributed by atoms with Gasteiger partial charge in [0.1, 0.15) is 12.1 Å². The number of hydrogen-bond donors (Lipinski definition) is 1. The van der Waals surface area contributed by atoms with Crippen LogP contribution in [0.5, 0.6) is 0 Å². The molecule has 2 aromatic rings. The topological polar surface area (TPSA) is 42.0 Å². The first-order valence-electron chi connectivity index (χ1n) is 6.33. The first-order chi connectivity index (χ1) is 9.13. The Bertz CT molecular complexity index is 594. The molecule has 100 valence electrons. The summed E-state index contributed by atoms with van der Waals surface area (Å²) in [7, 11) is 1.87. The van der Waals surface area contributed by atoms with Crippen LogP contribution in [0.3, 0.4) is 0 Å². The van der Waals surface area contributed by atoms with Gasteiger partial charge >= 0.3 is 0 Å². The van der Waals surface area contributed by atoms with Crippen molar-refractivity contribution in [2.75, 3.05) is 12.4 Å². The zero-order valence-electron chi connectivity index (χ0n) is 11.1. The van der Waals surface area contributed by atoms with E-state index < -0.39 is 0 Å². The number of aldehydes is 1. The van der Waals surface area contributed by atoms with E-state index >= 15 is 0 Å². The summed E-state index contributed by atoms with van der Waals surface area (Å²) in [4.78, 5) is 13.8. The summed E-state index contributed by atoms with van der Waals surface area (Å²) in [5, 5.41) is 5.39. The first kappa shape index (κ1) is 14.0. The van der Waals surface area contributed by atoms with Crippen LogP contribution < -0.4 is 5.32 Å². The Hall–Kier alpha value is -1.42. The van der Waals surface area contributed by atoms with Gasteiger partial charge in [-0.1, -0.05) is 15.9 Å². The monoisotopic (exact) mass is 320 g/mol. The Morgan fingerprint density at radius 3 is 2.58 bits per heavy atom. The molecule has 1 aromatic heterocycles. The van der Waals surface area contributed by atoms with Crippen molar-refractivity contribution in [1.29, 1.82) is 0 Å². The normalized spacial score (nSPS) is 13.6. The number of nitrogens with zero attached hydrogens (tertiary/aromatic N) is 1. The molecule has 0 radical (unpaired) electrons. The van der Waals surface area contributed by atoms with E-state index in [0.29, 0.717) is 5.92 Å². The zero-order valence-corrected chi connectivity index (χ0v) is 12.7. The van der Waals surface area contributed by atoms with Crippen molar-refractivity contribution in [3.05, 3.63) is 34.4 Å². The fraction of sp³-hybridized carbons (Fsp3) is 0.333. The zero-order chi connectivity index (χ0) is 13.8. The molecule has 0 saturated heterocycles. The van der Waals surface area contributed by atoms with Crippen molar-refractivity contribution in [1.82, 2.24) is 4.98 Å². The van der Waals surface area contributed by atoms with Gasteiger partial charge in [-0.3, -0.25) is 0 Å². The number of anilines is 1. The van der Waals surface area contributed by atoms with Crippen LogP contribution in [0, 0.1) is 12.8 Å². The molecule has 1 aliphatic rings. The van der Waals surface area contributed by atoms with Crippen molar-refractivity contribution < 1.29 is 4.79 Å². The molecule has 0 atom stereocenters. The van der Waals surface area contributed by atoms with Gasteiger partial charge in [-0.15, -0.1) is 0 Å². The molecule has 1 N–H and O–H groups in total. The van der Waals surface area contributed by atoms with E-state index in [4.69, 9.17) is 0 Å². The number of benzene rings is 1. The summed E-state index contributed by atoms with van der Waals surface area (Å²) in [6.07, 6.45) is 5.20. The maximum Gasteiger partial charge on any atom is 0.126 e. The summed E-state index contributed by atoms with van der Waals surface area (Å²) in [5.74, 6) is 1.35. The summed E-state index contributed by atoms with van der Waals surface area (Å²) in [5.41, 5.74) is 1.23. The van der Waals surface area contributed by atoms with Gasteiger partial charge in [-0.05, 0) is 48.9 Å². The average Bonchev–Trinajstić information content (AvgIpc) is 3.24. The Morgan fingerprint density at radius 1 is 1.32 bits per heavy atom. The smallest absolute Gasteiger partial charge is 0.126 e. The quantitative estimate of drug-likeness (QED) is 0.852. The Morgan fingerprint density at radius 2 is 2.05 bits per heavy atom. The number of carbonyl (C=O) groups is 1. The van der Waals surface area contributed by atoms with Gasteiger partial charge in [-0.25, -0.2) is 4.98 Å². The minimum Gasteiger partial charge on any atom is -0.373 e. The molecule has 19 heavy (non-hydrogen) atoms. The number of nitrogens with one attached hydrogen (secondary N) is 1. The lowest BCUT2D eigenvalue weighted by atomic mass is 10.1. The molecule has 3 nitrogen and oxygen atoms in total. The fourth-order valence-electron chi connectivity index (χ4n) is 1.65. The molecule has 0 aliphatic heterocycles. The molecular weight excluding hydrogens is 304 g/mol. The van der Waals surface area contributed by atoms with Crippen molar-refractivity contribution in [3.8, 4) is 0 Å². The predicted octanol–water partition coefficient (Wildman–Crippen LogP) is 3.94. The standard InChI is InChI=1S/C11H11BrN2.C4H6O/c1-7-3-9-6-14-11(13-2)5-8(9)4-10(7)12;5-3-4-1-2-4/h3-6H,1-2H3,(H,13,14);3-4H,1-2H2. The molecule has 1 aromatic carbocycles. The van der Waals surface area contributed by atoms with Crippen LogP contribution in [0.4, 0.5) is 5.82 Å². The molecule has 1 fully saturated rings. The van der Waals surface area contributed by atoms with Crippen LogP contribution in [0.15, 0.2) is 28.9 Å². The Kier molecular flexibility index (Phi) is 4.53. The van der Waals surface area contributed by atoms with Crippen molar-refractivity contribution in [3.63, 3.8) is 0 Å². The first-order valence-corrected chi connectivity index (χ1v) is 7.12. The molecule has 0 bridgehead atoms. The van der Waals surface area contributed by atoms with E-state index in [0.717, 1.165) is 29.4 Å². The van der Waals surface area contributed by atoms with E-state index in [1.54, 1.807) is 0 Å². The maximum atomic E-state index is 9.57. The highest BCUT2D eigenvalue weighted by Gasteiger charge is 2.18. The van der Waals surface area contributed by atoms with Gasteiger partial charge in [0, 0.05) is 29.0 Å².